The van der Waals surface area contributed by atoms with Crippen molar-refractivity contribution in [1.82, 2.24) is 35.2 Å². The molecule has 2 atom stereocenters. The number of aryl methyl sites for hydroxylation is 1. The van der Waals surface area contributed by atoms with Crippen LogP contribution in [0.3, 0.4) is 0 Å². The van der Waals surface area contributed by atoms with Gasteiger partial charge < -0.3 is 20.6 Å². The normalized spacial score (nSPS) is 14.5. The van der Waals surface area contributed by atoms with E-state index in [0.717, 1.165) is 12.1 Å². The van der Waals surface area contributed by atoms with Gasteiger partial charge in [-0.1, -0.05) is 35.9 Å². The van der Waals surface area contributed by atoms with Gasteiger partial charge >= 0.3 is 6.18 Å². The molecule has 4 aromatic rings. The summed E-state index contributed by atoms with van der Waals surface area (Å²) in [7, 11) is 1.66. The highest BCUT2D eigenvalue weighted by atomic mass is 35.5. The Kier molecular flexibility index (Phi) is 7.84. The highest BCUT2D eigenvalue weighted by molar-refractivity contribution is 6.33. The fraction of sp³-hybridized carbons (Fsp3) is 0.259. The summed E-state index contributed by atoms with van der Waals surface area (Å²) in [4.78, 5) is 37.8. The zero-order chi connectivity index (χ0) is 30.2. The van der Waals surface area contributed by atoms with Crippen LogP contribution < -0.4 is 10.6 Å². The van der Waals surface area contributed by atoms with Gasteiger partial charge in [0.25, 0.3) is 5.91 Å². The van der Waals surface area contributed by atoms with E-state index in [1.807, 2.05) is 0 Å². The van der Waals surface area contributed by atoms with Crippen molar-refractivity contribution in [3.8, 4) is 11.3 Å². The van der Waals surface area contributed by atoms with E-state index in [2.05, 4.69) is 30.8 Å². The minimum Gasteiger partial charge on any atom is -0.394 e. The van der Waals surface area contributed by atoms with E-state index < -0.39 is 42.2 Å². The van der Waals surface area contributed by atoms with Crippen LogP contribution in [-0.2, 0) is 24.6 Å². The number of aliphatic hydroxyl groups excluding tert-OH is 1. The van der Waals surface area contributed by atoms with E-state index in [9.17, 15) is 27.9 Å². The van der Waals surface area contributed by atoms with Gasteiger partial charge in [0.1, 0.15) is 6.04 Å². The lowest BCUT2D eigenvalue weighted by Crippen LogP contribution is -2.46. The Morgan fingerprint density at radius 1 is 1.19 bits per heavy atom. The first-order valence-corrected chi connectivity index (χ1v) is 13.0. The fourth-order valence-electron chi connectivity index (χ4n) is 4.53. The minimum absolute atomic E-state index is 0.0865. The molecule has 15 heteroatoms. The van der Waals surface area contributed by atoms with Gasteiger partial charge in [-0.3, -0.25) is 9.59 Å². The van der Waals surface area contributed by atoms with Crippen molar-refractivity contribution in [3.63, 3.8) is 0 Å². The summed E-state index contributed by atoms with van der Waals surface area (Å²) in [6.07, 6.45) is -1.66. The number of rotatable bonds is 8. The van der Waals surface area contributed by atoms with Gasteiger partial charge in [-0.05, 0) is 36.2 Å². The molecule has 42 heavy (non-hydrogen) atoms. The molecule has 2 aromatic heterocycles. The van der Waals surface area contributed by atoms with Crippen molar-refractivity contribution >= 4 is 35.2 Å². The summed E-state index contributed by atoms with van der Waals surface area (Å²) < 4.78 is 39.5. The van der Waals surface area contributed by atoms with Crippen LogP contribution in [-0.4, -0.2) is 59.4 Å². The Hall–Kier alpha value is -4.56. The number of aliphatic hydroxyl groups is 1. The first kappa shape index (κ1) is 29.0. The van der Waals surface area contributed by atoms with Gasteiger partial charge in [-0.2, -0.15) is 23.1 Å². The number of nitrogens with one attached hydrogen (secondary N) is 2. The summed E-state index contributed by atoms with van der Waals surface area (Å²) in [5.74, 6) is -0.411. The molecule has 0 fully saturated rings. The molecule has 0 bridgehead atoms. The van der Waals surface area contributed by atoms with E-state index in [0.29, 0.717) is 28.2 Å². The second-order valence-electron chi connectivity index (χ2n) is 9.58. The molecule has 3 N–H and O–H groups in total. The Morgan fingerprint density at radius 3 is 2.67 bits per heavy atom. The molecule has 11 nitrogen and oxygen atoms in total. The lowest BCUT2D eigenvalue weighted by atomic mass is 10.0. The third-order valence-corrected chi connectivity index (χ3v) is 7.04. The van der Waals surface area contributed by atoms with Crippen LogP contribution in [0.15, 0.2) is 54.9 Å². The predicted molar refractivity (Wildman–Crippen MR) is 146 cm³/mol. The quantitative estimate of drug-likeness (QED) is 0.277. The molecule has 0 saturated heterocycles. The van der Waals surface area contributed by atoms with Crippen molar-refractivity contribution in [2.75, 3.05) is 11.9 Å². The summed E-state index contributed by atoms with van der Waals surface area (Å²) in [6, 6.07) is 7.38. The number of anilines is 2. The highest BCUT2D eigenvalue weighted by Gasteiger charge is 2.35. The van der Waals surface area contributed by atoms with Crippen LogP contribution in [0, 0.1) is 0 Å². The standard InChI is InChI=1S/C27H24ClF3N8O3/c1-14(24(41)34-21(13-40)15-4-3-5-18(8-15)27(29,30)31)39-12-17-7-6-16(9-19(17)25(39)42)23-20(28)10-32-26(36-23)35-22-11-33-38(2)37-22/h3-11,14,21,40H,12-13H2,1-2H3,(H,34,41)(H,32,35,36,37)/t14-,21-/m1/s1. The van der Waals surface area contributed by atoms with E-state index in [4.69, 9.17) is 11.6 Å². The largest absolute Gasteiger partial charge is 0.416 e. The Labute approximate surface area is 242 Å². The number of nitrogens with zero attached hydrogens (tertiary/aromatic N) is 6. The summed E-state index contributed by atoms with van der Waals surface area (Å²) in [5, 5.41) is 23.7. The molecule has 0 aliphatic carbocycles. The summed E-state index contributed by atoms with van der Waals surface area (Å²) in [6.45, 7) is 1.00. The van der Waals surface area contributed by atoms with Crippen LogP contribution in [0.1, 0.15) is 40.0 Å². The topological polar surface area (TPSA) is 138 Å². The van der Waals surface area contributed by atoms with Crippen molar-refractivity contribution in [1.29, 1.82) is 0 Å². The zero-order valence-electron chi connectivity index (χ0n) is 22.2. The average Bonchev–Trinajstić information content (AvgIpc) is 3.53. The average molecular weight is 601 g/mol. The number of halogens is 4. The highest BCUT2D eigenvalue weighted by Crippen LogP contribution is 2.33. The van der Waals surface area contributed by atoms with Crippen LogP contribution >= 0.6 is 11.6 Å². The third-order valence-electron chi connectivity index (χ3n) is 6.76. The molecule has 0 spiro atoms. The second kappa shape index (κ2) is 11.4. The minimum atomic E-state index is -4.58. The van der Waals surface area contributed by atoms with Gasteiger partial charge in [0, 0.05) is 24.7 Å². The summed E-state index contributed by atoms with van der Waals surface area (Å²) >= 11 is 6.38. The molecule has 1 aliphatic rings. The number of amides is 2. The second-order valence-corrected chi connectivity index (χ2v) is 9.99. The lowest BCUT2D eigenvalue weighted by molar-refractivity contribution is -0.137. The Morgan fingerprint density at radius 2 is 1.98 bits per heavy atom. The molecule has 0 radical (unpaired) electrons. The van der Waals surface area contributed by atoms with Crippen LogP contribution in [0.25, 0.3) is 11.3 Å². The SMILES string of the molecule is C[C@H](C(=O)N[C@H](CO)c1cccc(C(F)(F)F)c1)N1Cc2ccc(-c3nc(Nc4cnn(C)n4)ncc3Cl)cc2C1=O. The van der Waals surface area contributed by atoms with E-state index >= 15 is 0 Å². The number of benzene rings is 2. The zero-order valence-corrected chi connectivity index (χ0v) is 23.0. The third kappa shape index (κ3) is 5.90. The first-order valence-electron chi connectivity index (χ1n) is 12.6. The van der Waals surface area contributed by atoms with E-state index in [1.54, 1.807) is 25.2 Å². The van der Waals surface area contributed by atoms with Gasteiger partial charge in [0.05, 0.1) is 41.3 Å². The predicted octanol–water partition coefficient (Wildman–Crippen LogP) is 3.88. The van der Waals surface area contributed by atoms with Gasteiger partial charge in [-0.25, -0.2) is 9.97 Å². The molecule has 218 valence electrons. The van der Waals surface area contributed by atoms with Gasteiger partial charge in [-0.15, -0.1) is 5.10 Å². The molecule has 0 unspecified atom stereocenters. The smallest absolute Gasteiger partial charge is 0.394 e. The van der Waals surface area contributed by atoms with Gasteiger partial charge in [0.2, 0.25) is 11.9 Å². The number of hydrogen-bond acceptors (Lipinski definition) is 8. The van der Waals surface area contributed by atoms with E-state index in [1.165, 1.54) is 41.1 Å². The number of alkyl halides is 3. The van der Waals surface area contributed by atoms with Crippen molar-refractivity contribution < 1.29 is 27.9 Å². The monoisotopic (exact) mass is 600 g/mol. The molecule has 3 heterocycles. The molecule has 2 aromatic carbocycles. The molecular weight excluding hydrogens is 577 g/mol. The number of carbonyl (C=O) groups excluding carboxylic acids is 2. The number of hydrogen-bond donors (Lipinski definition) is 3. The van der Waals surface area contributed by atoms with Crippen molar-refractivity contribution in [2.45, 2.75) is 31.7 Å². The van der Waals surface area contributed by atoms with E-state index in [-0.39, 0.29) is 23.1 Å². The molecule has 0 saturated carbocycles. The molecule has 2 amide bonds. The first-order chi connectivity index (χ1) is 19.9. The Bertz CT molecular complexity index is 1660. The Balaban J connectivity index is 1.32. The number of fused-ring (bicyclic) bond motifs is 1. The molecule has 1 aliphatic heterocycles. The maximum atomic E-state index is 13.4. The number of carbonyl (C=O) groups is 2. The maximum absolute atomic E-state index is 13.4. The van der Waals surface area contributed by atoms with Gasteiger partial charge in [0.15, 0.2) is 5.82 Å². The molecule has 5 rings (SSSR count). The molecular formula is C27H24ClF3N8O3. The lowest BCUT2D eigenvalue weighted by Gasteiger charge is -2.26. The van der Waals surface area contributed by atoms with Crippen LogP contribution in [0.5, 0.6) is 0 Å². The maximum Gasteiger partial charge on any atom is 0.416 e. The summed E-state index contributed by atoms with van der Waals surface area (Å²) in [5.41, 5.74) is 1.11. The van der Waals surface area contributed by atoms with Crippen molar-refractivity contribution in [2.24, 2.45) is 7.05 Å². The van der Waals surface area contributed by atoms with Crippen LogP contribution in [0.2, 0.25) is 5.02 Å². The number of aromatic nitrogens is 5. The van der Waals surface area contributed by atoms with Crippen LogP contribution in [0.4, 0.5) is 24.9 Å². The van der Waals surface area contributed by atoms with Crippen molar-refractivity contribution in [3.05, 3.63) is 82.1 Å². The fourth-order valence-corrected chi connectivity index (χ4v) is 4.73.